The van der Waals surface area contributed by atoms with E-state index in [1.807, 2.05) is 14.1 Å². The predicted molar refractivity (Wildman–Crippen MR) is 131 cm³/mol. The Bertz CT molecular complexity index is 1130. The fourth-order valence-corrected chi connectivity index (χ4v) is 4.63. The van der Waals surface area contributed by atoms with Crippen molar-refractivity contribution in [2.24, 2.45) is 15.4 Å². The van der Waals surface area contributed by atoms with E-state index in [-0.39, 0.29) is 5.41 Å². The summed E-state index contributed by atoms with van der Waals surface area (Å²) in [5, 5.41) is 0. The predicted octanol–water partition coefficient (Wildman–Crippen LogP) is 6.89. The lowest BCUT2D eigenvalue weighted by Gasteiger charge is -2.28. The Morgan fingerprint density at radius 3 is 2.03 bits per heavy atom. The van der Waals surface area contributed by atoms with Crippen molar-refractivity contribution in [1.82, 2.24) is 0 Å². The molecule has 0 amide bonds. The lowest BCUT2D eigenvalue weighted by molar-refractivity contribution is 0.525. The highest BCUT2D eigenvalue weighted by Gasteiger charge is 2.29. The van der Waals surface area contributed by atoms with Gasteiger partial charge in [-0.3, -0.25) is 9.98 Å². The van der Waals surface area contributed by atoms with E-state index in [9.17, 15) is 0 Å². The van der Waals surface area contributed by atoms with Gasteiger partial charge in [0.25, 0.3) is 0 Å². The maximum absolute atomic E-state index is 4.66. The van der Waals surface area contributed by atoms with Crippen LogP contribution >= 0.6 is 0 Å². The molecule has 154 valence electrons. The first-order chi connectivity index (χ1) is 14.2. The smallest absolute Gasteiger partial charge is 0.0904 e. The highest BCUT2D eigenvalue weighted by atomic mass is 14.8. The number of rotatable bonds is 2. The van der Waals surface area contributed by atoms with Crippen LogP contribution in [0, 0.1) is 5.41 Å². The van der Waals surface area contributed by atoms with Crippen LogP contribution in [0.4, 0.5) is 0 Å². The lowest BCUT2D eigenvalue weighted by Crippen LogP contribution is -2.28. The summed E-state index contributed by atoms with van der Waals surface area (Å²) in [4.78, 5) is 9.29. The number of nitrogens with zero attached hydrogens (tertiary/aromatic N) is 2. The van der Waals surface area contributed by atoms with Gasteiger partial charge in [0, 0.05) is 19.7 Å². The van der Waals surface area contributed by atoms with Gasteiger partial charge in [0.1, 0.15) is 0 Å². The summed E-state index contributed by atoms with van der Waals surface area (Å²) < 4.78 is 0. The van der Waals surface area contributed by atoms with Crippen molar-refractivity contribution < 1.29 is 0 Å². The number of hydrogen-bond donors (Lipinski definition) is 0. The van der Waals surface area contributed by atoms with Crippen LogP contribution in [0.25, 0.3) is 16.7 Å². The van der Waals surface area contributed by atoms with E-state index in [0.717, 1.165) is 23.4 Å². The second-order valence-corrected chi connectivity index (χ2v) is 9.68. The van der Waals surface area contributed by atoms with Gasteiger partial charge in [-0.05, 0) is 56.7 Å². The summed E-state index contributed by atoms with van der Waals surface area (Å²) in [7, 11) is 3.74. The normalized spacial score (nSPS) is 18.5. The first-order valence-corrected chi connectivity index (χ1v) is 10.9. The SMILES string of the molecule is CN=C1C(c2ccc3c(c2)Cc2cc(C(C)C)ccc2-3)=CC=C(C(C)(C)C)C1=NC. The third kappa shape index (κ3) is 3.39. The van der Waals surface area contributed by atoms with Gasteiger partial charge in [0.05, 0.1) is 11.4 Å². The first kappa shape index (κ1) is 20.5. The zero-order valence-electron chi connectivity index (χ0n) is 19.3. The number of aliphatic imine (C=N–C) groups is 2. The number of benzene rings is 2. The molecule has 0 N–H and O–H groups in total. The molecule has 2 aromatic carbocycles. The monoisotopic (exact) mass is 396 g/mol. The minimum absolute atomic E-state index is 0.0283. The molecule has 2 aromatic rings. The maximum Gasteiger partial charge on any atom is 0.0904 e. The van der Waals surface area contributed by atoms with E-state index in [4.69, 9.17) is 0 Å². The molecule has 0 aliphatic heterocycles. The molecule has 2 heteroatoms. The van der Waals surface area contributed by atoms with Crippen molar-refractivity contribution in [3.05, 3.63) is 76.4 Å². The Labute approximate surface area is 181 Å². The summed E-state index contributed by atoms with van der Waals surface area (Å²) in [5.41, 5.74) is 12.7. The van der Waals surface area contributed by atoms with Crippen LogP contribution in [-0.4, -0.2) is 25.5 Å². The molecule has 0 unspecified atom stereocenters. The molecule has 0 bridgehead atoms. The van der Waals surface area contributed by atoms with Crippen molar-refractivity contribution in [2.75, 3.05) is 14.1 Å². The second-order valence-electron chi connectivity index (χ2n) is 9.68. The topological polar surface area (TPSA) is 24.7 Å². The van der Waals surface area contributed by atoms with E-state index < -0.39 is 0 Å². The number of allylic oxidation sites excluding steroid dienone is 4. The van der Waals surface area contributed by atoms with Crippen LogP contribution in [0.3, 0.4) is 0 Å². The molecule has 2 aliphatic rings. The molecule has 0 aromatic heterocycles. The maximum atomic E-state index is 4.66. The van der Waals surface area contributed by atoms with Gasteiger partial charge in [0.15, 0.2) is 0 Å². The lowest BCUT2D eigenvalue weighted by atomic mass is 9.77. The Morgan fingerprint density at radius 2 is 1.43 bits per heavy atom. The van der Waals surface area contributed by atoms with Crippen LogP contribution in [0.15, 0.2) is 64.1 Å². The quantitative estimate of drug-likeness (QED) is 0.421. The molecule has 0 atom stereocenters. The van der Waals surface area contributed by atoms with E-state index in [1.165, 1.54) is 39.0 Å². The zero-order valence-corrected chi connectivity index (χ0v) is 19.3. The number of hydrogen-bond acceptors (Lipinski definition) is 2. The number of fused-ring (bicyclic) bond motifs is 3. The Morgan fingerprint density at radius 1 is 0.800 bits per heavy atom. The van der Waals surface area contributed by atoms with E-state index >= 15 is 0 Å². The van der Waals surface area contributed by atoms with Crippen LogP contribution < -0.4 is 0 Å². The van der Waals surface area contributed by atoms with Gasteiger partial charge >= 0.3 is 0 Å². The molecule has 0 radical (unpaired) electrons. The molecule has 0 heterocycles. The molecule has 30 heavy (non-hydrogen) atoms. The Kier molecular flexibility index (Phi) is 5.13. The molecule has 2 nitrogen and oxygen atoms in total. The van der Waals surface area contributed by atoms with Crippen molar-refractivity contribution >= 4 is 17.0 Å². The molecular weight excluding hydrogens is 364 g/mol. The molecule has 2 aliphatic carbocycles. The van der Waals surface area contributed by atoms with E-state index in [0.29, 0.717) is 5.92 Å². The van der Waals surface area contributed by atoms with Gasteiger partial charge in [-0.15, -0.1) is 0 Å². The van der Waals surface area contributed by atoms with Crippen molar-refractivity contribution in [3.8, 4) is 11.1 Å². The Balaban J connectivity index is 1.77. The summed E-state index contributed by atoms with van der Waals surface area (Å²) in [6.07, 6.45) is 5.45. The third-order valence-electron chi connectivity index (χ3n) is 6.29. The average Bonchev–Trinajstić information content (AvgIpc) is 3.08. The van der Waals surface area contributed by atoms with Gasteiger partial charge in [-0.1, -0.05) is 83.2 Å². The molecule has 4 rings (SSSR count). The first-order valence-electron chi connectivity index (χ1n) is 10.9. The highest BCUT2D eigenvalue weighted by molar-refractivity contribution is 6.63. The van der Waals surface area contributed by atoms with E-state index in [1.54, 1.807) is 0 Å². The molecule has 0 saturated carbocycles. The fourth-order valence-electron chi connectivity index (χ4n) is 4.63. The second kappa shape index (κ2) is 7.50. The van der Waals surface area contributed by atoms with Gasteiger partial charge in [-0.25, -0.2) is 0 Å². The minimum atomic E-state index is 0.0283. The summed E-state index contributed by atoms with van der Waals surface area (Å²) >= 11 is 0. The standard InChI is InChI=1S/C28H32N2/c1-17(2)18-8-10-22-20(14-18)16-21-15-19(9-11-23(21)22)24-12-13-25(28(3,4)5)27(30-7)26(24)29-6/h8-15,17H,16H2,1-7H3. The van der Waals surface area contributed by atoms with Gasteiger partial charge in [0.2, 0.25) is 0 Å². The van der Waals surface area contributed by atoms with Crippen LogP contribution in [-0.2, 0) is 6.42 Å². The minimum Gasteiger partial charge on any atom is -0.286 e. The molecular formula is C28H32N2. The van der Waals surface area contributed by atoms with Crippen molar-refractivity contribution in [1.29, 1.82) is 0 Å². The van der Waals surface area contributed by atoms with E-state index in [2.05, 4.69) is 93.2 Å². The van der Waals surface area contributed by atoms with Crippen molar-refractivity contribution in [2.45, 2.75) is 47.0 Å². The van der Waals surface area contributed by atoms with Crippen molar-refractivity contribution in [3.63, 3.8) is 0 Å². The third-order valence-corrected chi connectivity index (χ3v) is 6.29. The average molecular weight is 397 g/mol. The Hall–Kier alpha value is -2.74. The summed E-state index contributed by atoms with van der Waals surface area (Å²) in [6, 6.07) is 13.8. The van der Waals surface area contributed by atoms with Crippen LogP contribution in [0.5, 0.6) is 0 Å². The van der Waals surface area contributed by atoms with Gasteiger partial charge in [-0.2, -0.15) is 0 Å². The zero-order chi connectivity index (χ0) is 21.6. The largest absolute Gasteiger partial charge is 0.286 e. The molecule has 0 fully saturated rings. The van der Waals surface area contributed by atoms with Gasteiger partial charge < -0.3 is 0 Å². The molecule has 0 saturated heterocycles. The van der Waals surface area contributed by atoms with Crippen LogP contribution in [0.1, 0.15) is 62.8 Å². The highest BCUT2D eigenvalue weighted by Crippen LogP contribution is 2.40. The molecule has 0 spiro atoms. The fraction of sp³-hybridized carbons (Fsp3) is 0.357. The summed E-state index contributed by atoms with van der Waals surface area (Å²) in [6.45, 7) is 11.2. The van der Waals surface area contributed by atoms with Crippen LogP contribution in [0.2, 0.25) is 0 Å². The summed E-state index contributed by atoms with van der Waals surface area (Å²) in [5.74, 6) is 0.556.